The van der Waals surface area contributed by atoms with E-state index in [2.05, 4.69) is 0 Å². The highest BCUT2D eigenvalue weighted by Gasteiger charge is 2.35. The van der Waals surface area contributed by atoms with Gasteiger partial charge in [-0.2, -0.15) is 0 Å². The molecule has 2 aromatic carbocycles. The van der Waals surface area contributed by atoms with Gasteiger partial charge >= 0.3 is 0 Å². The molecule has 1 amide bonds. The Labute approximate surface area is 153 Å². The van der Waals surface area contributed by atoms with E-state index in [1.54, 1.807) is 17.0 Å². The molecule has 4 nitrogen and oxygen atoms in total. The van der Waals surface area contributed by atoms with Crippen LogP contribution in [0.1, 0.15) is 27.9 Å². The normalized spacial score (nSPS) is 18.9. The Morgan fingerprint density at radius 2 is 1.96 bits per heavy atom. The summed E-state index contributed by atoms with van der Waals surface area (Å²) in [4.78, 5) is 14.8. The summed E-state index contributed by atoms with van der Waals surface area (Å²) in [6.07, 6.45) is 0.473. The van der Waals surface area contributed by atoms with Crippen molar-refractivity contribution < 1.29 is 13.2 Å². The fourth-order valence-corrected chi connectivity index (χ4v) is 5.11. The number of aryl methyl sites for hydroxylation is 1. The van der Waals surface area contributed by atoms with Gasteiger partial charge in [-0.05, 0) is 43.2 Å². The summed E-state index contributed by atoms with van der Waals surface area (Å²) in [6, 6.07) is 14.4. The summed E-state index contributed by atoms with van der Waals surface area (Å²) in [7, 11) is -3.08. The molecule has 0 N–H and O–H groups in total. The molecule has 0 aliphatic carbocycles. The standard InChI is InChI=1S/C19H20ClNO3S/c1-14-4-2-6-16(10-14)19(22)21(18-8-9-25(23,24)13-18)12-15-5-3-7-17(20)11-15/h2-7,10-11,18H,8-9,12-13H2,1H3. The van der Waals surface area contributed by atoms with Crippen molar-refractivity contribution >= 4 is 27.3 Å². The van der Waals surface area contributed by atoms with Crippen LogP contribution in [0.25, 0.3) is 0 Å². The average Bonchev–Trinajstić information content (AvgIpc) is 2.92. The number of halogens is 1. The molecule has 0 radical (unpaired) electrons. The van der Waals surface area contributed by atoms with Gasteiger partial charge in [0.15, 0.2) is 9.84 Å². The number of rotatable bonds is 4. The van der Waals surface area contributed by atoms with Crippen molar-refractivity contribution in [3.05, 3.63) is 70.2 Å². The smallest absolute Gasteiger partial charge is 0.254 e. The maximum atomic E-state index is 13.1. The van der Waals surface area contributed by atoms with E-state index in [0.717, 1.165) is 11.1 Å². The topological polar surface area (TPSA) is 54.5 Å². The Bertz CT molecular complexity index is 895. The van der Waals surface area contributed by atoms with Gasteiger partial charge in [0.2, 0.25) is 0 Å². The minimum absolute atomic E-state index is 0.0190. The van der Waals surface area contributed by atoms with Gasteiger partial charge in [0.25, 0.3) is 5.91 Å². The molecular formula is C19H20ClNO3S. The van der Waals surface area contributed by atoms with Crippen molar-refractivity contribution in [2.24, 2.45) is 0 Å². The second kappa shape index (κ2) is 7.18. The molecule has 1 fully saturated rings. The van der Waals surface area contributed by atoms with Crippen LogP contribution in [0.3, 0.4) is 0 Å². The summed E-state index contributed by atoms with van der Waals surface area (Å²) in [5.74, 6) is 0.00131. The first-order valence-electron chi connectivity index (χ1n) is 8.16. The van der Waals surface area contributed by atoms with Crippen LogP contribution in [0.4, 0.5) is 0 Å². The molecular weight excluding hydrogens is 358 g/mol. The number of hydrogen-bond donors (Lipinski definition) is 0. The van der Waals surface area contributed by atoms with Crippen molar-refractivity contribution in [2.45, 2.75) is 25.9 Å². The van der Waals surface area contributed by atoms with Crippen LogP contribution >= 0.6 is 11.6 Å². The third kappa shape index (κ3) is 4.41. The molecule has 1 heterocycles. The van der Waals surface area contributed by atoms with E-state index in [1.165, 1.54) is 0 Å². The van der Waals surface area contributed by atoms with E-state index in [9.17, 15) is 13.2 Å². The highest BCUT2D eigenvalue weighted by atomic mass is 35.5. The predicted molar refractivity (Wildman–Crippen MR) is 99.6 cm³/mol. The number of amides is 1. The van der Waals surface area contributed by atoms with Crippen LogP contribution < -0.4 is 0 Å². The molecule has 1 unspecified atom stereocenters. The fourth-order valence-electron chi connectivity index (χ4n) is 3.16. The average molecular weight is 378 g/mol. The Hall–Kier alpha value is -1.85. The summed E-state index contributed by atoms with van der Waals surface area (Å²) < 4.78 is 23.8. The van der Waals surface area contributed by atoms with Crippen molar-refractivity contribution in [2.75, 3.05) is 11.5 Å². The van der Waals surface area contributed by atoms with E-state index in [-0.39, 0.29) is 23.5 Å². The molecule has 1 saturated heterocycles. The number of carbonyl (C=O) groups excluding carboxylic acids is 1. The van der Waals surface area contributed by atoms with Crippen LogP contribution in [-0.4, -0.2) is 36.8 Å². The monoisotopic (exact) mass is 377 g/mol. The molecule has 25 heavy (non-hydrogen) atoms. The largest absolute Gasteiger partial charge is 0.330 e. The number of hydrogen-bond acceptors (Lipinski definition) is 3. The molecule has 0 spiro atoms. The quantitative estimate of drug-likeness (QED) is 0.819. The Balaban J connectivity index is 1.92. The molecule has 1 aliphatic rings. The van der Waals surface area contributed by atoms with Crippen molar-refractivity contribution in [1.29, 1.82) is 0 Å². The van der Waals surface area contributed by atoms with Gasteiger partial charge in [-0.15, -0.1) is 0 Å². The maximum absolute atomic E-state index is 13.1. The lowest BCUT2D eigenvalue weighted by Gasteiger charge is -2.28. The maximum Gasteiger partial charge on any atom is 0.254 e. The van der Waals surface area contributed by atoms with Gasteiger partial charge in [-0.3, -0.25) is 4.79 Å². The van der Waals surface area contributed by atoms with Gasteiger partial charge in [-0.1, -0.05) is 41.4 Å². The lowest BCUT2D eigenvalue weighted by Crippen LogP contribution is -2.40. The van der Waals surface area contributed by atoms with E-state index in [1.807, 2.05) is 43.3 Å². The molecule has 2 aromatic rings. The predicted octanol–water partition coefficient (Wildman–Crippen LogP) is 3.48. The van der Waals surface area contributed by atoms with Gasteiger partial charge in [0.1, 0.15) is 0 Å². The minimum atomic E-state index is -3.08. The molecule has 1 atom stereocenters. The molecule has 0 saturated carbocycles. The van der Waals surface area contributed by atoms with Gasteiger partial charge in [0, 0.05) is 23.2 Å². The third-order valence-electron chi connectivity index (χ3n) is 4.42. The first kappa shape index (κ1) is 18.0. The van der Waals surface area contributed by atoms with E-state index in [0.29, 0.717) is 23.6 Å². The third-order valence-corrected chi connectivity index (χ3v) is 6.40. The zero-order valence-corrected chi connectivity index (χ0v) is 15.6. The zero-order valence-electron chi connectivity index (χ0n) is 14.0. The Kier molecular flexibility index (Phi) is 5.16. The van der Waals surface area contributed by atoms with E-state index < -0.39 is 9.84 Å². The fraction of sp³-hybridized carbons (Fsp3) is 0.316. The van der Waals surface area contributed by atoms with Crippen molar-refractivity contribution in [3.63, 3.8) is 0 Å². The second-order valence-electron chi connectivity index (χ2n) is 6.49. The van der Waals surface area contributed by atoms with Gasteiger partial charge in [-0.25, -0.2) is 8.42 Å². The van der Waals surface area contributed by atoms with Crippen LogP contribution in [0.2, 0.25) is 5.02 Å². The second-order valence-corrected chi connectivity index (χ2v) is 9.15. The number of carbonyl (C=O) groups is 1. The molecule has 1 aliphatic heterocycles. The SMILES string of the molecule is Cc1cccc(C(=O)N(Cc2cccc(Cl)c2)C2CCS(=O)(=O)C2)c1. The highest BCUT2D eigenvalue weighted by molar-refractivity contribution is 7.91. The molecule has 0 bridgehead atoms. The molecule has 0 aromatic heterocycles. The lowest BCUT2D eigenvalue weighted by molar-refractivity contribution is 0.0681. The minimum Gasteiger partial charge on any atom is -0.330 e. The summed E-state index contributed by atoms with van der Waals surface area (Å²) >= 11 is 6.05. The first-order chi connectivity index (χ1) is 11.8. The number of benzene rings is 2. The first-order valence-corrected chi connectivity index (χ1v) is 10.4. The van der Waals surface area contributed by atoms with Crippen molar-refractivity contribution in [3.8, 4) is 0 Å². The summed E-state index contributed by atoms with van der Waals surface area (Å²) in [5.41, 5.74) is 2.46. The Morgan fingerprint density at radius 3 is 2.60 bits per heavy atom. The zero-order chi connectivity index (χ0) is 18.0. The summed E-state index contributed by atoms with van der Waals surface area (Å²) in [6.45, 7) is 2.27. The lowest BCUT2D eigenvalue weighted by atomic mass is 10.1. The van der Waals surface area contributed by atoms with Gasteiger partial charge in [0.05, 0.1) is 11.5 Å². The van der Waals surface area contributed by atoms with Crippen molar-refractivity contribution in [1.82, 2.24) is 4.90 Å². The molecule has 6 heteroatoms. The van der Waals surface area contributed by atoms with Crippen LogP contribution in [0.5, 0.6) is 0 Å². The molecule has 3 rings (SSSR count). The van der Waals surface area contributed by atoms with Gasteiger partial charge < -0.3 is 4.90 Å². The molecule has 132 valence electrons. The van der Waals surface area contributed by atoms with Crippen LogP contribution in [0.15, 0.2) is 48.5 Å². The van der Waals surface area contributed by atoms with E-state index in [4.69, 9.17) is 11.6 Å². The summed E-state index contributed by atoms with van der Waals surface area (Å²) in [5, 5.41) is 0.597. The van der Waals surface area contributed by atoms with E-state index >= 15 is 0 Å². The van der Waals surface area contributed by atoms with Crippen LogP contribution in [0, 0.1) is 6.92 Å². The number of nitrogens with zero attached hydrogens (tertiary/aromatic N) is 1. The Morgan fingerprint density at radius 1 is 1.20 bits per heavy atom. The highest BCUT2D eigenvalue weighted by Crippen LogP contribution is 2.23. The number of sulfone groups is 1. The van der Waals surface area contributed by atoms with Crippen LogP contribution in [-0.2, 0) is 16.4 Å².